The van der Waals surface area contributed by atoms with Crippen LogP contribution < -0.4 is 10.1 Å². The molecular formula is C27H36N2O7S. The Balaban J connectivity index is 1.67. The predicted molar refractivity (Wildman–Crippen MR) is 140 cm³/mol. The van der Waals surface area contributed by atoms with Crippen molar-refractivity contribution in [3.05, 3.63) is 66.4 Å². The molecule has 37 heavy (non-hydrogen) atoms. The maximum Gasteiger partial charge on any atom is 0.290 e. The topological polar surface area (TPSA) is 114 Å². The van der Waals surface area contributed by atoms with Crippen molar-refractivity contribution in [1.82, 2.24) is 4.31 Å². The molecular weight excluding hydrogens is 496 g/mol. The van der Waals surface area contributed by atoms with Crippen LogP contribution in [-0.4, -0.2) is 63.4 Å². The van der Waals surface area contributed by atoms with E-state index in [-0.39, 0.29) is 54.2 Å². The van der Waals surface area contributed by atoms with E-state index in [4.69, 9.17) is 14.2 Å². The lowest BCUT2D eigenvalue weighted by molar-refractivity contribution is -0.150. The first-order valence-electron chi connectivity index (χ1n) is 12.2. The number of benzene rings is 2. The van der Waals surface area contributed by atoms with Crippen LogP contribution in [0.3, 0.4) is 0 Å². The van der Waals surface area contributed by atoms with Crippen LogP contribution in [-0.2, 0) is 24.3 Å². The molecule has 0 radical (unpaired) electrons. The molecule has 0 unspecified atom stereocenters. The summed E-state index contributed by atoms with van der Waals surface area (Å²) in [5, 5.41) is 12.3. The van der Waals surface area contributed by atoms with Gasteiger partial charge < -0.3 is 24.6 Å². The largest absolute Gasteiger partial charge is 0.497 e. The van der Waals surface area contributed by atoms with E-state index in [1.165, 1.54) is 19.2 Å². The number of para-hydroxylation sites is 1. The highest BCUT2D eigenvalue weighted by molar-refractivity contribution is 7.89. The van der Waals surface area contributed by atoms with Gasteiger partial charge in [-0.1, -0.05) is 39.0 Å². The highest BCUT2D eigenvalue weighted by Crippen LogP contribution is 2.36. The quantitative estimate of drug-likeness (QED) is 0.454. The Morgan fingerprint density at radius 2 is 1.78 bits per heavy atom. The van der Waals surface area contributed by atoms with Gasteiger partial charge in [0.05, 0.1) is 25.2 Å². The molecule has 2 aromatic rings. The Labute approximate surface area is 219 Å². The number of anilines is 1. The molecule has 0 aromatic heterocycles. The molecule has 1 heterocycles. The van der Waals surface area contributed by atoms with Gasteiger partial charge in [-0.05, 0) is 53.8 Å². The summed E-state index contributed by atoms with van der Waals surface area (Å²) in [5.74, 6) is 0.328. The summed E-state index contributed by atoms with van der Waals surface area (Å²) in [6, 6.07) is 15.1. The normalized spacial score (nSPS) is 18.2. The number of carbonyl (C=O) groups is 1. The number of ether oxygens (including phenoxy) is 3. The van der Waals surface area contributed by atoms with E-state index in [2.05, 4.69) is 26.1 Å². The minimum Gasteiger partial charge on any atom is -0.497 e. The van der Waals surface area contributed by atoms with E-state index in [0.29, 0.717) is 17.9 Å². The van der Waals surface area contributed by atoms with Crippen molar-refractivity contribution in [2.45, 2.75) is 38.4 Å². The third-order valence-electron chi connectivity index (χ3n) is 6.12. The number of nitrogens with one attached hydrogen (secondary N) is 1. The second-order valence-corrected chi connectivity index (χ2v) is 11.7. The molecule has 2 atom stereocenters. The minimum atomic E-state index is -3.86. The van der Waals surface area contributed by atoms with Crippen molar-refractivity contribution < 1.29 is 32.5 Å². The number of hydrogen-bond acceptors (Lipinski definition) is 7. The molecule has 2 N–H and O–H groups in total. The zero-order valence-corrected chi connectivity index (χ0v) is 22.5. The molecule has 0 saturated carbocycles. The first-order valence-corrected chi connectivity index (χ1v) is 13.6. The van der Waals surface area contributed by atoms with E-state index in [9.17, 15) is 18.3 Å². The summed E-state index contributed by atoms with van der Waals surface area (Å²) >= 11 is 0. The number of aliphatic hydroxyl groups is 1. The number of sulfonamides is 1. The van der Waals surface area contributed by atoms with Gasteiger partial charge in [-0.3, -0.25) is 4.79 Å². The summed E-state index contributed by atoms with van der Waals surface area (Å²) in [6.07, 6.45) is 1.60. The van der Waals surface area contributed by atoms with Crippen molar-refractivity contribution in [2.75, 3.05) is 38.7 Å². The second-order valence-electron chi connectivity index (χ2n) is 9.78. The van der Waals surface area contributed by atoms with Crippen molar-refractivity contribution in [2.24, 2.45) is 11.3 Å². The summed E-state index contributed by atoms with van der Waals surface area (Å²) in [6.45, 7) is 5.83. The van der Waals surface area contributed by atoms with Crippen LogP contribution in [0.5, 0.6) is 5.75 Å². The Bertz CT molecular complexity index is 1160. The van der Waals surface area contributed by atoms with E-state index >= 15 is 0 Å². The fourth-order valence-electron chi connectivity index (χ4n) is 3.88. The third-order valence-corrected chi connectivity index (χ3v) is 8.03. The molecule has 0 spiro atoms. The molecule has 1 aliphatic rings. The highest BCUT2D eigenvalue weighted by atomic mass is 32.2. The molecule has 1 aliphatic heterocycles. The Kier molecular flexibility index (Phi) is 9.72. The maximum atomic E-state index is 13.1. The number of methoxy groups -OCH3 is 1. The van der Waals surface area contributed by atoms with E-state index in [0.717, 1.165) is 4.31 Å². The lowest BCUT2D eigenvalue weighted by Gasteiger charge is -2.36. The number of rotatable bonds is 11. The number of nitrogens with zero attached hydrogens (tertiary/aromatic N) is 1. The molecule has 0 bridgehead atoms. The van der Waals surface area contributed by atoms with Crippen LogP contribution >= 0.6 is 0 Å². The monoisotopic (exact) mass is 532 g/mol. The standard InChI is InChI=1S/C27H36N2O7S/c1-27(2,3)20-18-24(26(31)28-21-8-6-5-7-9-21)36-25(19-20)35-17-15-29(14-16-30)37(32,33)23-12-10-22(34-4)11-13-23/h5-13,18,20,25,30H,14-17,19H2,1-4H3,(H,28,31)/t20-,25+/m1/s1. The SMILES string of the molecule is COc1ccc(S(=O)(=O)N(CCO)CCO[C@@H]2C[C@H](C(C)(C)C)C=C(C(=O)Nc3ccccc3)O2)cc1. The van der Waals surface area contributed by atoms with Gasteiger partial charge in [0.1, 0.15) is 5.75 Å². The first kappa shape index (κ1) is 28.6. The fraction of sp³-hybridized carbons (Fsp3) is 0.444. The molecule has 0 saturated heterocycles. The lowest BCUT2D eigenvalue weighted by atomic mass is 9.77. The molecule has 10 heteroatoms. The average molecular weight is 533 g/mol. The molecule has 2 aromatic carbocycles. The number of hydrogen-bond donors (Lipinski definition) is 2. The third kappa shape index (κ3) is 7.78. The molecule has 0 fully saturated rings. The van der Waals surface area contributed by atoms with E-state index in [1.54, 1.807) is 24.3 Å². The summed E-state index contributed by atoms with van der Waals surface area (Å²) < 4.78 is 44.3. The summed E-state index contributed by atoms with van der Waals surface area (Å²) in [7, 11) is -2.36. The van der Waals surface area contributed by atoms with E-state index in [1.807, 2.05) is 24.3 Å². The molecule has 202 valence electrons. The summed E-state index contributed by atoms with van der Waals surface area (Å²) in [5.41, 5.74) is 0.500. The van der Waals surface area contributed by atoms with E-state index < -0.39 is 16.3 Å². The number of amides is 1. The first-order chi connectivity index (χ1) is 17.5. The van der Waals surface area contributed by atoms with Gasteiger partial charge in [-0.25, -0.2) is 8.42 Å². The molecule has 3 rings (SSSR count). The van der Waals surface area contributed by atoms with Crippen LogP contribution in [0.25, 0.3) is 0 Å². The van der Waals surface area contributed by atoms with Gasteiger partial charge in [-0.2, -0.15) is 4.31 Å². The van der Waals surface area contributed by atoms with Gasteiger partial charge in [0.2, 0.25) is 16.3 Å². The van der Waals surface area contributed by atoms with Gasteiger partial charge in [0.25, 0.3) is 5.91 Å². The number of carbonyl (C=O) groups excluding carboxylic acids is 1. The van der Waals surface area contributed by atoms with Gasteiger partial charge in [0.15, 0.2) is 5.76 Å². The number of allylic oxidation sites excluding steroid dienone is 1. The van der Waals surface area contributed by atoms with Gasteiger partial charge in [-0.15, -0.1) is 0 Å². The predicted octanol–water partition coefficient (Wildman–Crippen LogP) is 3.63. The van der Waals surface area contributed by atoms with Gasteiger partial charge in [0, 0.05) is 25.2 Å². The maximum absolute atomic E-state index is 13.1. The summed E-state index contributed by atoms with van der Waals surface area (Å²) in [4.78, 5) is 13.0. The van der Waals surface area contributed by atoms with Gasteiger partial charge >= 0.3 is 0 Å². The molecule has 0 aliphatic carbocycles. The molecule has 9 nitrogen and oxygen atoms in total. The van der Waals surface area contributed by atoms with Crippen molar-refractivity contribution >= 4 is 21.6 Å². The fourth-order valence-corrected chi connectivity index (χ4v) is 5.30. The highest BCUT2D eigenvalue weighted by Gasteiger charge is 2.34. The van der Waals surface area contributed by atoms with Crippen LogP contribution in [0.1, 0.15) is 27.2 Å². The Hall–Kier alpha value is -2.92. The Morgan fingerprint density at radius 1 is 1.11 bits per heavy atom. The van der Waals surface area contributed by atoms with Crippen molar-refractivity contribution in [3.8, 4) is 5.75 Å². The number of aliphatic hydroxyl groups excluding tert-OH is 1. The second kappa shape index (κ2) is 12.6. The van der Waals surface area contributed by atoms with Crippen molar-refractivity contribution in [3.63, 3.8) is 0 Å². The van der Waals surface area contributed by atoms with Crippen LogP contribution in [0.15, 0.2) is 71.3 Å². The van der Waals surface area contributed by atoms with Crippen LogP contribution in [0.2, 0.25) is 0 Å². The minimum absolute atomic E-state index is 0.000602. The lowest BCUT2D eigenvalue weighted by Crippen LogP contribution is -2.38. The smallest absolute Gasteiger partial charge is 0.290 e. The zero-order chi connectivity index (χ0) is 27.1. The van der Waals surface area contributed by atoms with Crippen molar-refractivity contribution in [1.29, 1.82) is 0 Å². The zero-order valence-electron chi connectivity index (χ0n) is 21.7. The Morgan fingerprint density at radius 3 is 2.38 bits per heavy atom. The van der Waals surface area contributed by atoms with Crippen LogP contribution in [0, 0.1) is 11.3 Å². The van der Waals surface area contributed by atoms with Crippen LogP contribution in [0.4, 0.5) is 5.69 Å². The average Bonchev–Trinajstić information content (AvgIpc) is 2.88. The molecule has 1 amide bonds.